The lowest BCUT2D eigenvalue weighted by atomic mass is 9.47. The van der Waals surface area contributed by atoms with Crippen LogP contribution >= 0.6 is 0 Å². The van der Waals surface area contributed by atoms with Crippen LogP contribution in [0.3, 0.4) is 0 Å². The van der Waals surface area contributed by atoms with Gasteiger partial charge in [0.15, 0.2) is 11.6 Å². The van der Waals surface area contributed by atoms with Crippen LogP contribution in [0.15, 0.2) is 35.7 Å². The third-order valence-electron chi connectivity index (χ3n) is 8.22. The molecule has 4 aliphatic rings. The summed E-state index contributed by atoms with van der Waals surface area (Å²) < 4.78 is 15.1. The largest absolute Gasteiger partial charge is 0.393 e. The molecule has 0 saturated heterocycles. The number of hydrogen-bond acceptors (Lipinski definition) is 4. The van der Waals surface area contributed by atoms with Gasteiger partial charge >= 0.3 is 0 Å². The summed E-state index contributed by atoms with van der Waals surface area (Å²) in [6.45, 7) is 6.99. The van der Waals surface area contributed by atoms with Crippen molar-refractivity contribution in [1.82, 2.24) is 0 Å². The van der Waals surface area contributed by atoms with E-state index in [2.05, 4.69) is 0 Å². The van der Waals surface area contributed by atoms with Gasteiger partial charge in [0.1, 0.15) is 11.4 Å². The van der Waals surface area contributed by atoms with Crippen LogP contribution in [0.25, 0.3) is 0 Å². The number of aliphatic hydroxyl groups is 2. The minimum atomic E-state index is -1.52. The molecular formula is C22H27FO4. The molecule has 146 valence electrons. The van der Waals surface area contributed by atoms with E-state index in [9.17, 15) is 19.8 Å². The molecular weight excluding hydrogens is 347 g/mol. The van der Waals surface area contributed by atoms with Crippen molar-refractivity contribution in [2.45, 2.75) is 52.2 Å². The number of allylic oxidation sites excluding steroid dienone is 6. The highest BCUT2D eigenvalue weighted by atomic mass is 19.1. The van der Waals surface area contributed by atoms with Crippen molar-refractivity contribution < 1.29 is 24.2 Å². The van der Waals surface area contributed by atoms with Gasteiger partial charge in [-0.15, -0.1) is 0 Å². The van der Waals surface area contributed by atoms with Gasteiger partial charge in [0.25, 0.3) is 0 Å². The van der Waals surface area contributed by atoms with Gasteiger partial charge in [-0.1, -0.05) is 26.8 Å². The molecule has 0 aliphatic heterocycles. The monoisotopic (exact) mass is 374 g/mol. The van der Waals surface area contributed by atoms with Gasteiger partial charge in [-0.25, -0.2) is 4.39 Å². The van der Waals surface area contributed by atoms with Crippen LogP contribution < -0.4 is 0 Å². The van der Waals surface area contributed by atoms with Gasteiger partial charge in [0, 0.05) is 22.3 Å². The number of Topliss-reactive ketones (excluding diaryl/α,β-unsaturated/α-hetero) is 1. The average Bonchev–Trinajstić information content (AvgIpc) is 2.78. The maximum Gasteiger partial charge on any atom is 0.178 e. The van der Waals surface area contributed by atoms with Crippen LogP contribution in [-0.2, 0) is 9.59 Å². The summed E-state index contributed by atoms with van der Waals surface area (Å²) in [4.78, 5) is 24.2. The molecule has 0 amide bonds. The molecule has 0 aromatic carbocycles. The Kier molecular flexibility index (Phi) is 3.81. The maximum atomic E-state index is 15.1. The van der Waals surface area contributed by atoms with Crippen LogP contribution in [0.2, 0.25) is 0 Å². The molecule has 0 aromatic heterocycles. The van der Waals surface area contributed by atoms with E-state index in [1.165, 1.54) is 25.2 Å². The van der Waals surface area contributed by atoms with Crippen LogP contribution in [0, 0.1) is 34.5 Å². The fourth-order valence-electron chi connectivity index (χ4n) is 6.95. The highest BCUT2D eigenvalue weighted by Crippen LogP contribution is 2.67. The molecule has 0 spiro atoms. The molecule has 0 unspecified atom stereocenters. The second kappa shape index (κ2) is 5.48. The van der Waals surface area contributed by atoms with Crippen molar-refractivity contribution in [2.24, 2.45) is 34.5 Å². The Morgan fingerprint density at radius 1 is 1.33 bits per heavy atom. The SMILES string of the molecule is CC(=O)[C@@]1(O)[C@H](C)C[C@H]2[C@@H]3C=C(F)C4=CC(=O)C=C[C@]4(C)[C@H]3[C@@H](O)C[C@@]21C. The van der Waals surface area contributed by atoms with E-state index in [-0.39, 0.29) is 41.7 Å². The first kappa shape index (κ1) is 18.8. The lowest BCUT2D eigenvalue weighted by molar-refractivity contribution is -0.174. The first-order valence-electron chi connectivity index (χ1n) is 9.71. The molecule has 2 saturated carbocycles. The van der Waals surface area contributed by atoms with Crippen LogP contribution in [0.5, 0.6) is 0 Å². The lowest BCUT2D eigenvalue weighted by Crippen LogP contribution is -2.61. The molecule has 8 atom stereocenters. The lowest BCUT2D eigenvalue weighted by Gasteiger charge is -2.58. The molecule has 27 heavy (non-hydrogen) atoms. The molecule has 0 aromatic rings. The van der Waals surface area contributed by atoms with E-state index in [1.807, 2.05) is 20.8 Å². The van der Waals surface area contributed by atoms with Crippen molar-refractivity contribution in [3.8, 4) is 0 Å². The van der Waals surface area contributed by atoms with Gasteiger partial charge in [-0.05, 0) is 55.7 Å². The predicted molar refractivity (Wildman–Crippen MR) is 98.1 cm³/mol. The Bertz CT molecular complexity index is 826. The summed E-state index contributed by atoms with van der Waals surface area (Å²) in [5.74, 6) is -1.97. The second-order valence-electron chi connectivity index (χ2n) is 9.45. The van der Waals surface area contributed by atoms with Crippen molar-refractivity contribution in [2.75, 3.05) is 0 Å². The molecule has 2 fully saturated rings. The number of carbonyl (C=O) groups excluding carboxylic acids is 2. The van der Waals surface area contributed by atoms with E-state index in [0.717, 1.165) is 0 Å². The Hall–Kier alpha value is -1.59. The quantitative estimate of drug-likeness (QED) is 0.740. The molecule has 2 N–H and O–H groups in total. The number of ketones is 2. The Labute approximate surface area is 158 Å². The van der Waals surface area contributed by atoms with E-state index in [4.69, 9.17) is 0 Å². The van der Waals surface area contributed by atoms with Gasteiger partial charge in [-0.2, -0.15) is 0 Å². The van der Waals surface area contributed by atoms with E-state index >= 15 is 4.39 Å². The fraction of sp³-hybridized carbons (Fsp3) is 0.636. The number of rotatable bonds is 1. The van der Waals surface area contributed by atoms with E-state index in [1.54, 1.807) is 6.08 Å². The van der Waals surface area contributed by atoms with Crippen molar-refractivity contribution in [3.05, 3.63) is 35.7 Å². The fourth-order valence-corrected chi connectivity index (χ4v) is 6.95. The van der Waals surface area contributed by atoms with Crippen molar-refractivity contribution in [3.63, 3.8) is 0 Å². The highest BCUT2D eigenvalue weighted by Gasteiger charge is 2.69. The second-order valence-corrected chi connectivity index (χ2v) is 9.45. The number of halogens is 1. The first-order chi connectivity index (χ1) is 12.5. The molecule has 4 rings (SSSR count). The van der Waals surface area contributed by atoms with Gasteiger partial charge in [0.2, 0.25) is 0 Å². The Balaban J connectivity index is 1.88. The maximum absolute atomic E-state index is 15.1. The smallest absolute Gasteiger partial charge is 0.178 e. The van der Waals surface area contributed by atoms with Gasteiger partial charge < -0.3 is 10.2 Å². The minimum absolute atomic E-state index is 0.120. The number of hydrogen-bond donors (Lipinski definition) is 2. The zero-order valence-electron chi connectivity index (χ0n) is 16.2. The third kappa shape index (κ3) is 2.10. The Morgan fingerprint density at radius 3 is 2.63 bits per heavy atom. The number of aliphatic hydroxyl groups excluding tert-OH is 1. The first-order valence-corrected chi connectivity index (χ1v) is 9.71. The Morgan fingerprint density at radius 2 is 2.00 bits per heavy atom. The summed E-state index contributed by atoms with van der Waals surface area (Å²) in [6.07, 6.45) is 6.07. The number of fused-ring (bicyclic) bond motifs is 5. The van der Waals surface area contributed by atoms with E-state index < -0.39 is 28.4 Å². The normalized spacial score (nSPS) is 51.1. The van der Waals surface area contributed by atoms with Crippen LogP contribution in [0.4, 0.5) is 4.39 Å². The van der Waals surface area contributed by atoms with Crippen LogP contribution in [0.1, 0.15) is 40.5 Å². The zero-order chi connectivity index (χ0) is 19.9. The number of carbonyl (C=O) groups is 2. The summed E-state index contributed by atoms with van der Waals surface area (Å²) in [7, 11) is 0. The predicted octanol–water partition coefficient (Wildman–Crippen LogP) is 2.90. The van der Waals surface area contributed by atoms with Crippen molar-refractivity contribution >= 4 is 11.6 Å². The molecule has 0 radical (unpaired) electrons. The summed E-state index contributed by atoms with van der Waals surface area (Å²) in [6, 6.07) is 0. The average molecular weight is 374 g/mol. The summed E-state index contributed by atoms with van der Waals surface area (Å²) in [5.41, 5.74) is -2.80. The van der Waals surface area contributed by atoms with E-state index in [0.29, 0.717) is 12.0 Å². The third-order valence-corrected chi connectivity index (χ3v) is 8.22. The van der Waals surface area contributed by atoms with Gasteiger partial charge in [-0.3, -0.25) is 9.59 Å². The van der Waals surface area contributed by atoms with Gasteiger partial charge in [0.05, 0.1) is 6.10 Å². The molecule has 5 heteroatoms. The van der Waals surface area contributed by atoms with Crippen molar-refractivity contribution in [1.29, 1.82) is 0 Å². The molecule has 4 nitrogen and oxygen atoms in total. The minimum Gasteiger partial charge on any atom is -0.393 e. The topological polar surface area (TPSA) is 74.6 Å². The zero-order valence-corrected chi connectivity index (χ0v) is 16.2. The highest BCUT2D eigenvalue weighted by molar-refractivity contribution is 6.01. The molecule has 0 bridgehead atoms. The molecule has 0 heterocycles. The molecule has 4 aliphatic carbocycles. The standard InChI is InChI=1S/C22H27FO4/c1-11-7-15-14-9-17(23)16-8-13(25)5-6-20(16,3)19(14)18(26)10-21(15,4)22(11,27)12(2)24/h5-6,8-9,11,14-15,18-19,26-27H,7,10H2,1-4H3/t11-,14+,15+,18+,19-,20+,21+,22+/m1/s1. The summed E-state index contributed by atoms with van der Waals surface area (Å²) in [5, 5.41) is 22.5. The van der Waals surface area contributed by atoms with Crippen LogP contribution in [-0.4, -0.2) is 33.5 Å². The summed E-state index contributed by atoms with van der Waals surface area (Å²) >= 11 is 0.